The molecule has 0 bridgehead atoms. The minimum atomic E-state index is -3.84. The lowest BCUT2D eigenvalue weighted by atomic mass is 9.86. The SMILES string of the molecule is CN/C=C(/Nc1nc(Nc2cc(C)c(C3CCN(CCOC)CC3)cc2OC2CC2)ncc1Cl)C(=N)S(=O)(=O)C(C)C. The van der Waals surface area contributed by atoms with E-state index in [0.717, 1.165) is 68.9 Å². The smallest absolute Gasteiger partial charge is 0.229 e. The zero-order valence-corrected chi connectivity index (χ0v) is 26.5. The van der Waals surface area contributed by atoms with E-state index in [1.54, 1.807) is 14.2 Å². The third kappa shape index (κ3) is 7.91. The van der Waals surface area contributed by atoms with Crippen LogP contribution in [0.3, 0.4) is 0 Å². The number of rotatable bonds is 13. The average Bonchev–Trinajstić information content (AvgIpc) is 3.78. The highest BCUT2D eigenvalue weighted by atomic mass is 35.5. The first-order valence-electron chi connectivity index (χ1n) is 14.3. The number of hydrogen-bond donors (Lipinski definition) is 4. The molecule has 1 aromatic carbocycles. The van der Waals surface area contributed by atoms with Gasteiger partial charge < -0.3 is 30.3 Å². The number of nitrogens with one attached hydrogen (secondary N) is 4. The Morgan fingerprint density at radius 3 is 2.57 bits per heavy atom. The molecular weight excluding hydrogens is 578 g/mol. The largest absolute Gasteiger partial charge is 0.488 e. The van der Waals surface area contributed by atoms with Gasteiger partial charge in [0.05, 0.1) is 35.5 Å². The van der Waals surface area contributed by atoms with Crippen molar-refractivity contribution in [2.75, 3.05) is 51.0 Å². The van der Waals surface area contributed by atoms with E-state index >= 15 is 0 Å². The van der Waals surface area contributed by atoms with Crippen LogP contribution in [-0.2, 0) is 14.6 Å². The number of methoxy groups -OCH3 is 1. The lowest BCUT2D eigenvalue weighted by Crippen LogP contribution is -2.35. The van der Waals surface area contributed by atoms with Crippen LogP contribution in [0.25, 0.3) is 0 Å². The normalized spacial score (nSPS) is 16.9. The molecule has 1 aliphatic carbocycles. The van der Waals surface area contributed by atoms with Crippen LogP contribution in [-0.4, -0.2) is 80.1 Å². The summed E-state index contributed by atoms with van der Waals surface area (Å²) >= 11 is 6.39. The topological polar surface area (TPSA) is 142 Å². The summed E-state index contributed by atoms with van der Waals surface area (Å²) in [5, 5.41) is 16.1. The number of aromatic nitrogens is 2. The Bertz CT molecular complexity index is 1400. The van der Waals surface area contributed by atoms with Gasteiger partial charge in [-0.1, -0.05) is 11.6 Å². The van der Waals surface area contributed by atoms with Gasteiger partial charge >= 0.3 is 0 Å². The number of piperidine rings is 1. The maximum atomic E-state index is 12.7. The second-order valence-corrected chi connectivity index (χ2v) is 13.9. The monoisotopic (exact) mass is 619 g/mol. The summed E-state index contributed by atoms with van der Waals surface area (Å²) in [5.74, 6) is 1.63. The molecule has 0 radical (unpaired) electrons. The van der Waals surface area contributed by atoms with E-state index in [2.05, 4.69) is 49.9 Å². The summed E-state index contributed by atoms with van der Waals surface area (Å²) < 4.78 is 36.9. The molecular formula is C29H42ClN7O4S. The van der Waals surface area contributed by atoms with Crippen LogP contribution < -0.4 is 20.7 Å². The number of nitrogens with zero attached hydrogens (tertiary/aromatic N) is 3. The van der Waals surface area contributed by atoms with Gasteiger partial charge in [-0.15, -0.1) is 0 Å². The third-order valence-electron chi connectivity index (χ3n) is 7.51. The Morgan fingerprint density at radius 1 is 1.24 bits per heavy atom. The van der Waals surface area contributed by atoms with E-state index in [0.29, 0.717) is 5.92 Å². The number of ether oxygens (including phenoxy) is 2. The summed E-state index contributed by atoms with van der Waals surface area (Å²) in [4.78, 5) is 11.3. The summed E-state index contributed by atoms with van der Waals surface area (Å²) in [6.45, 7) is 8.97. The minimum Gasteiger partial charge on any atom is -0.488 e. The van der Waals surface area contributed by atoms with Crippen LogP contribution in [0.15, 0.2) is 30.2 Å². The number of aryl methyl sites for hydroxylation is 1. The second kappa shape index (κ2) is 14.0. The molecule has 1 saturated carbocycles. The van der Waals surface area contributed by atoms with Crippen LogP contribution in [0.1, 0.15) is 56.6 Å². The van der Waals surface area contributed by atoms with E-state index in [1.807, 2.05) is 0 Å². The van der Waals surface area contributed by atoms with Crippen molar-refractivity contribution in [1.29, 1.82) is 5.41 Å². The molecule has 4 N–H and O–H groups in total. The van der Waals surface area contributed by atoms with Gasteiger partial charge in [0.1, 0.15) is 10.8 Å². The fourth-order valence-corrected chi connectivity index (χ4v) is 5.87. The summed E-state index contributed by atoms with van der Waals surface area (Å²) in [7, 11) is -0.486. The van der Waals surface area contributed by atoms with Crippen LogP contribution in [0.4, 0.5) is 17.5 Å². The van der Waals surface area contributed by atoms with Gasteiger partial charge in [0.25, 0.3) is 0 Å². The number of likely N-dealkylation sites (tertiary alicyclic amines) is 1. The summed E-state index contributed by atoms with van der Waals surface area (Å²) in [6, 6.07) is 4.24. The maximum Gasteiger partial charge on any atom is 0.229 e. The molecule has 2 aliphatic rings. The number of benzene rings is 1. The Balaban J connectivity index is 1.57. The number of sulfone groups is 1. The first kappa shape index (κ1) is 32.0. The summed E-state index contributed by atoms with van der Waals surface area (Å²) in [5.41, 5.74) is 3.22. The van der Waals surface area contributed by atoms with Crippen molar-refractivity contribution in [1.82, 2.24) is 20.2 Å². The zero-order valence-electron chi connectivity index (χ0n) is 25.0. The molecule has 13 heteroatoms. The van der Waals surface area contributed by atoms with E-state index in [-0.39, 0.29) is 28.6 Å². The average molecular weight is 620 g/mol. The lowest BCUT2D eigenvalue weighted by molar-refractivity contribution is 0.130. The third-order valence-corrected chi connectivity index (χ3v) is 9.81. The quantitative estimate of drug-likeness (QED) is 0.182. The number of halogens is 1. The molecule has 2 aromatic rings. The molecule has 42 heavy (non-hydrogen) atoms. The molecule has 1 saturated heterocycles. The molecule has 0 unspecified atom stereocenters. The van der Waals surface area contributed by atoms with Crippen molar-refractivity contribution < 1.29 is 17.9 Å². The van der Waals surface area contributed by atoms with Gasteiger partial charge in [0, 0.05) is 26.9 Å². The number of hydrogen-bond acceptors (Lipinski definition) is 11. The molecule has 0 atom stereocenters. The Labute approximate surface area is 253 Å². The van der Waals surface area contributed by atoms with Crippen LogP contribution in [0, 0.1) is 12.3 Å². The fraction of sp³-hybridized carbons (Fsp3) is 0.552. The van der Waals surface area contributed by atoms with E-state index < -0.39 is 20.1 Å². The van der Waals surface area contributed by atoms with Crippen LogP contribution in [0.2, 0.25) is 5.02 Å². The molecule has 1 aliphatic heterocycles. The Morgan fingerprint density at radius 2 is 1.95 bits per heavy atom. The first-order chi connectivity index (χ1) is 20.0. The van der Waals surface area contributed by atoms with E-state index in [9.17, 15) is 8.42 Å². The van der Waals surface area contributed by atoms with Gasteiger partial charge in [-0.25, -0.2) is 13.4 Å². The van der Waals surface area contributed by atoms with Crippen molar-refractivity contribution in [3.63, 3.8) is 0 Å². The van der Waals surface area contributed by atoms with Crippen molar-refractivity contribution in [2.24, 2.45) is 0 Å². The Hall–Kier alpha value is -2.93. The van der Waals surface area contributed by atoms with Gasteiger partial charge in [-0.05, 0) is 88.7 Å². The fourth-order valence-electron chi connectivity index (χ4n) is 4.85. The first-order valence-corrected chi connectivity index (χ1v) is 16.2. The maximum absolute atomic E-state index is 12.7. The lowest BCUT2D eigenvalue weighted by Gasteiger charge is -2.33. The molecule has 2 heterocycles. The van der Waals surface area contributed by atoms with Crippen LogP contribution >= 0.6 is 11.6 Å². The number of anilines is 3. The molecule has 0 amide bonds. The molecule has 4 rings (SSSR count). The van der Waals surface area contributed by atoms with Gasteiger partial charge in [0.15, 0.2) is 20.7 Å². The molecule has 11 nitrogen and oxygen atoms in total. The van der Waals surface area contributed by atoms with E-state index in [4.69, 9.17) is 26.5 Å². The van der Waals surface area contributed by atoms with Gasteiger partial charge in [-0.2, -0.15) is 4.98 Å². The highest BCUT2D eigenvalue weighted by molar-refractivity contribution is 8.07. The zero-order chi connectivity index (χ0) is 30.4. The molecule has 2 fully saturated rings. The molecule has 1 aromatic heterocycles. The van der Waals surface area contributed by atoms with Gasteiger partial charge in [-0.3, -0.25) is 5.41 Å². The van der Waals surface area contributed by atoms with E-state index in [1.165, 1.54) is 31.8 Å². The van der Waals surface area contributed by atoms with Crippen molar-refractivity contribution in [2.45, 2.75) is 63.7 Å². The highest BCUT2D eigenvalue weighted by Crippen LogP contribution is 2.40. The second-order valence-electron chi connectivity index (χ2n) is 11.0. The van der Waals surface area contributed by atoms with Crippen LogP contribution in [0.5, 0.6) is 5.75 Å². The minimum absolute atomic E-state index is 0.0176. The van der Waals surface area contributed by atoms with Crippen molar-refractivity contribution in [3.05, 3.63) is 46.4 Å². The predicted octanol–water partition coefficient (Wildman–Crippen LogP) is 4.82. The highest BCUT2D eigenvalue weighted by Gasteiger charge is 2.29. The predicted molar refractivity (Wildman–Crippen MR) is 168 cm³/mol. The summed E-state index contributed by atoms with van der Waals surface area (Å²) in [6.07, 6.45) is 7.23. The van der Waals surface area contributed by atoms with Crippen molar-refractivity contribution >= 4 is 43.9 Å². The standard InChI is InChI=1S/C29H42ClN7O4S/c1-18(2)42(38,39)27(31)25(17-32-4)34-28-23(30)16-33-29(36-28)35-24-14-19(3)22(15-26(24)41-21-6-7-21)20-8-10-37(11-9-20)12-13-40-5/h14-18,20-21,31-32H,6-13H2,1-5H3,(H2,33,34,35,36)/b25-17+,31-27?. The molecule has 0 spiro atoms. The van der Waals surface area contributed by atoms with Crippen molar-refractivity contribution in [3.8, 4) is 5.75 Å². The van der Waals surface area contributed by atoms with Gasteiger partial charge in [0.2, 0.25) is 5.95 Å². The molecule has 230 valence electrons. The Kier molecular flexibility index (Phi) is 10.7.